The maximum absolute atomic E-state index is 12.3. The average molecular weight is 439 g/mol. The molecule has 3 N–H and O–H groups in total. The van der Waals surface area contributed by atoms with Crippen molar-refractivity contribution in [3.8, 4) is 11.5 Å². The zero-order chi connectivity index (χ0) is 23.0. The smallest absolute Gasteiger partial charge is 0.490 e. The van der Waals surface area contributed by atoms with E-state index < -0.39 is 12.1 Å². The Hall–Kier alpha value is -3.76. The van der Waals surface area contributed by atoms with Gasteiger partial charge in [0.2, 0.25) is 0 Å². The third kappa shape index (κ3) is 6.36. The number of carboxylic acids is 1. The summed E-state index contributed by atoms with van der Waals surface area (Å²) in [4.78, 5) is 21.2. The fraction of sp³-hybridized carbons (Fsp3) is 0.250. The molecule has 1 aromatic heterocycles. The van der Waals surface area contributed by atoms with Gasteiger partial charge in [0.25, 0.3) is 5.91 Å². The molecule has 11 heteroatoms. The van der Waals surface area contributed by atoms with E-state index in [2.05, 4.69) is 15.5 Å². The van der Waals surface area contributed by atoms with Crippen LogP contribution in [0.5, 0.6) is 11.5 Å². The van der Waals surface area contributed by atoms with Gasteiger partial charge >= 0.3 is 12.1 Å². The number of rotatable bonds is 6. The molecule has 0 fully saturated rings. The van der Waals surface area contributed by atoms with Gasteiger partial charge in [0.1, 0.15) is 0 Å². The van der Waals surface area contributed by atoms with Crippen molar-refractivity contribution >= 4 is 22.8 Å². The Balaban J connectivity index is 0.000000423. The number of carboxylic acid groups (broad SMARTS) is 1. The third-order valence-corrected chi connectivity index (χ3v) is 4.08. The number of nitrogens with zero attached hydrogens (tertiary/aromatic N) is 1. The lowest BCUT2D eigenvalue weighted by Crippen LogP contribution is -2.26. The van der Waals surface area contributed by atoms with E-state index in [1.807, 2.05) is 42.5 Å². The molecule has 8 nitrogen and oxygen atoms in total. The van der Waals surface area contributed by atoms with Crippen molar-refractivity contribution in [2.75, 3.05) is 20.8 Å². The van der Waals surface area contributed by atoms with Crippen molar-refractivity contribution in [3.05, 3.63) is 53.7 Å². The second-order valence-corrected chi connectivity index (χ2v) is 6.12. The standard InChI is InChI=1S/C18H19N3O3.C2HF3O2/c1-23-15-8-7-12(11-16(15)24-2)9-10-19-18(22)17-13-5-3-4-6-14(13)20-21-17;3-2(4,5)1(6)7/h3-8,11H,9-10H2,1-2H3,(H,19,22)(H,20,21);(H,6,7). The summed E-state index contributed by atoms with van der Waals surface area (Å²) in [5, 5.41) is 17.8. The molecular formula is C20H20F3N3O5. The van der Waals surface area contributed by atoms with Gasteiger partial charge in [-0.05, 0) is 30.2 Å². The van der Waals surface area contributed by atoms with E-state index in [9.17, 15) is 18.0 Å². The van der Waals surface area contributed by atoms with Crippen LogP contribution in [0, 0.1) is 0 Å². The summed E-state index contributed by atoms with van der Waals surface area (Å²) in [7, 11) is 3.21. The maximum Gasteiger partial charge on any atom is 0.490 e. The van der Waals surface area contributed by atoms with Crippen molar-refractivity contribution < 1.29 is 37.3 Å². The van der Waals surface area contributed by atoms with Crippen LogP contribution in [0.1, 0.15) is 16.1 Å². The molecule has 0 atom stereocenters. The Bertz CT molecular complexity index is 1050. The van der Waals surface area contributed by atoms with Crippen LogP contribution in [0.4, 0.5) is 13.2 Å². The van der Waals surface area contributed by atoms with Gasteiger partial charge < -0.3 is 19.9 Å². The first-order valence-corrected chi connectivity index (χ1v) is 8.89. The first-order chi connectivity index (χ1) is 14.7. The molecule has 2 aromatic carbocycles. The number of carbonyl (C=O) groups is 2. The summed E-state index contributed by atoms with van der Waals surface area (Å²) in [6, 6.07) is 13.3. The molecule has 31 heavy (non-hydrogen) atoms. The monoisotopic (exact) mass is 439 g/mol. The second kappa shape index (κ2) is 10.3. The normalized spacial score (nSPS) is 10.7. The van der Waals surface area contributed by atoms with Crippen LogP contribution in [0.25, 0.3) is 10.9 Å². The molecule has 0 aliphatic rings. The summed E-state index contributed by atoms with van der Waals surface area (Å²) < 4.78 is 42.2. The van der Waals surface area contributed by atoms with E-state index in [0.29, 0.717) is 30.2 Å². The van der Waals surface area contributed by atoms with Crippen molar-refractivity contribution in [1.82, 2.24) is 15.5 Å². The van der Waals surface area contributed by atoms with Crippen molar-refractivity contribution in [2.45, 2.75) is 12.6 Å². The van der Waals surface area contributed by atoms with Gasteiger partial charge in [-0.25, -0.2) is 4.79 Å². The second-order valence-electron chi connectivity index (χ2n) is 6.12. The van der Waals surface area contributed by atoms with E-state index in [4.69, 9.17) is 19.4 Å². The van der Waals surface area contributed by atoms with E-state index in [-0.39, 0.29) is 5.91 Å². The lowest BCUT2D eigenvalue weighted by Gasteiger charge is -2.10. The highest BCUT2D eigenvalue weighted by atomic mass is 19.4. The SMILES string of the molecule is COc1ccc(CCNC(=O)c2n[nH]c3ccccc23)cc1OC.O=C(O)C(F)(F)F. The number of ether oxygens (including phenoxy) is 2. The molecule has 0 unspecified atom stereocenters. The molecule has 1 amide bonds. The number of carbonyl (C=O) groups excluding carboxylic acids is 1. The van der Waals surface area contributed by atoms with Crippen LogP contribution in [0.2, 0.25) is 0 Å². The summed E-state index contributed by atoms with van der Waals surface area (Å²) >= 11 is 0. The molecule has 0 spiro atoms. The predicted molar refractivity (Wildman–Crippen MR) is 105 cm³/mol. The van der Waals surface area contributed by atoms with Gasteiger partial charge in [-0.1, -0.05) is 24.3 Å². The molecule has 0 radical (unpaired) electrons. The Kier molecular flexibility index (Phi) is 7.83. The van der Waals surface area contributed by atoms with Crippen molar-refractivity contribution in [3.63, 3.8) is 0 Å². The quantitative estimate of drug-likeness (QED) is 0.544. The van der Waals surface area contributed by atoms with E-state index in [1.165, 1.54) is 0 Å². The molecule has 3 aromatic rings. The van der Waals surface area contributed by atoms with Crippen molar-refractivity contribution in [1.29, 1.82) is 0 Å². The van der Waals surface area contributed by atoms with Crippen LogP contribution in [-0.4, -0.2) is 54.1 Å². The van der Waals surface area contributed by atoms with Gasteiger partial charge in [-0.15, -0.1) is 0 Å². The first kappa shape index (κ1) is 23.5. The largest absolute Gasteiger partial charge is 0.493 e. The number of halogens is 3. The lowest BCUT2D eigenvalue weighted by atomic mass is 10.1. The van der Waals surface area contributed by atoms with Gasteiger partial charge in [0.05, 0.1) is 19.7 Å². The highest BCUT2D eigenvalue weighted by molar-refractivity contribution is 6.04. The lowest BCUT2D eigenvalue weighted by molar-refractivity contribution is -0.192. The number of nitrogens with one attached hydrogen (secondary N) is 2. The number of H-pyrrole nitrogens is 1. The topological polar surface area (TPSA) is 114 Å². The molecule has 3 rings (SSSR count). The number of aromatic nitrogens is 2. The minimum absolute atomic E-state index is 0.187. The minimum Gasteiger partial charge on any atom is -0.493 e. The third-order valence-electron chi connectivity index (χ3n) is 4.08. The molecule has 0 aliphatic carbocycles. The zero-order valence-corrected chi connectivity index (χ0v) is 16.6. The number of alkyl halides is 3. The summed E-state index contributed by atoms with van der Waals surface area (Å²) in [5.74, 6) is -1.58. The summed E-state index contributed by atoms with van der Waals surface area (Å²) in [6.45, 7) is 0.509. The fourth-order valence-electron chi connectivity index (χ4n) is 2.58. The van der Waals surface area contributed by atoms with Gasteiger partial charge in [0.15, 0.2) is 17.2 Å². The van der Waals surface area contributed by atoms with Crippen LogP contribution >= 0.6 is 0 Å². The van der Waals surface area contributed by atoms with Gasteiger partial charge in [-0.2, -0.15) is 18.3 Å². The number of fused-ring (bicyclic) bond motifs is 1. The van der Waals surface area contributed by atoms with E-state index in [1.54, 1.807) is 14.2 Å². The number of para-hydroxylation sites is 1. The Morgan fingerprint density at radius 3 is 2.35 bits per heavy atom. The number of benzene rings is 2. The van der Waals surface area contributed by atoms with Crippen LogP contribution in [0.15, 0.2) is 42.5 Å². The number of aromatic amines is 1. The Morgan fingerprint density at radius 1 is 1.10 bits per heavy atom. The Morgan fingerprint density at radius 2 is 1.74 bits per heavy atom. The Labute approximate surface area is 175 Å². The molecule has 166 valence electrons. The number of amides is 1. The summed E-state index contributed by atoms with van der Waals surface area (Å²) in [5.41, 5.74) is 2.32. The number of methoxy groups -OCH3 is 2. The maximum atomic E-state index is 12.3. The van der Waals surface area contributed by atoms with Crippen LogP contribution in [0.3, 0.4) is 0 Å². The highest BCUT2D eigenvalue weighted by Gasteiger charge is 2.38. The molecular weight excluding hydrogens is 419 g/mol. The molecule has 0 saturated heterocycles. The summed E-state index contributed by atoms with van der Waals surface area (Å²) in [6.07, 6.45) is -4.39. The minimum atomic E-state index is -5.08. The van der Waals surface area contributed by atoms with Gasteiger partial charge in [-0.3, -0.25) is 9.89 Å². The van der Waals surface area contributed by atoms with E-state index >= 15 is 0 Å². The highest BCUT2D eigenvalue weighted by Crippen LogP contribution is 2.27. The van der Waals surface area contributed by atoms with Gasteiger partial charge in [0, 0.05) is 11.9 Å². The molecule has 0 saturated carbocycles. The fourth-order valence-corrected chi connectivity index (χ4v) is 2.58. The number of hydrogen-bond acceptors (Lipinski definition) is 5. The zero-order valence-electron chi connectivity index (χ0n) is 16.6. The number of aliphatic carboxylic acids is 1. The van der Waals surface area contributed by atoms with Crippen LogP contribution < -0.4 is 14.8 Å². The van der Waals surface area contributed by atoms with Crippen LogP contribution in [-0.2, 0) is 11.2 Å². The van der Waals surface area contributed by atoms with Crippen molar-refractivity contribution in [2.24, 2.45) is 0 Å². The van der Waals surface area contributed by atoms with E-state index in [0.717, 1.165) is 16.5 Å². The molecule has 0 bridgehead atoms. The number of hydrogen-bond donors (Lipinski definition) is 3. The first-order valence-electron chi connectivity index (χ1n) is 8.89. The molecule has 1 heterocycles. The average Bonchev–Trinajstić information content (AvgIpc) is 3.17. The molecule has 0 aliphatic heterocycles. The predicted octanol–water partition coefficient (Wildman–Crippen LogP) is 3.19.